The number of para-hydroxylation sites is 2. The molecule has 1 saturated heterocycles. The molecule has 138 valence electrons. The average molecular weight is 346 g/mol. The van der Waals surface area contributed by atoms with E-state index in [1.165, 1.54) is 12.8 Å². The standard InChI is InChI=1S/C19H30N4O2/c1-22-10-12-23(13-11-22)17-9-5-4-8-16(17)21-19(25)20-14-18(24)15-6-2-3-7-15/h4-5,8-9,15,18,24H,2-3,6-7,10-14H2,1H3,(H2,20,21,25). The molecule has 2 amide bonds. The van der Waals surface area contributed by atoms with Gasteiger partial charge in [0.1, 0.15) is 0 Å². The number of aliphatic hydroxyl groups is 1. The first-order valence-electron chi connectivity index (χ1n) is 9.39. The van der Waals surface area contributed by atoms with Crippen molar-refractivity contribution < 1.29 is 9.90 Å². The van der Waals surface area contributed by atoms with Crippen LogP contribution in [-0.4, -0.2) is 61.9 Å². The van der Waals surface area contributed by atoms with Gasteiger partial charge in [-0.3, -0.25) is 0 Å². The number of anilines is 2. The quantitative estimate of drug-likeness (QED) is 0.764. The Hall–Kier alpha value is -1.79. The minimum Gasteiger partial charge on any atom is -0.391 e. The summed E-state index contributed by atoms with van der Waals surface area (Å²) >= 11 is 0. The molecule has 2 aliphatic rings. The zero-order valence-corrected chi connectivity index (χ0v) is 15.1. The van der Waals surface area contributed by atoms with Gasteiger partial charge in [0.25, 0.3) is 0 Å². The number of hydrogen-bond acceptors (Lipinski definition) is 4. The Morgan fingerprint density at radius 3 is 2.60 bits per heavy atom. The van der Waals surface area contributed by atoms with Gasteiger partial charge in [-0.1, -0.05) is 25.0 Å². The molecule has 6 nitrogen and oxygen atoms in total. The number of likely N-dealkylation sites (N-methyl/N-ethyl adjacent to an activating group) is 1. The summed E-state index contributed by atoms with van der Waals surface area (Å²) in [5.74, 6) is 0.331. The van der Waals surface area contributed by atoms with Gasteiger partial charge in [-0.2, -0.15) is 0 Å². The Labute approximate surface area is 150 Å². The van der Waals surface area contributed by atoms with E-state index in [-0.39, 0.29) is 6.03 Å². The van der Waals surface area contributed by atoms with Crippen LogP contribution in [-0.2, 0) is 0 Å². The molecule has 1 atom stereocenters. The number of hydrogen-bond donors (Lipinski definition) is 3. The molecule has 1 aliphatic heterocycles. The van der Waals surface area contributed by atoms with E-state index in [2.05, 4.69) is 27.5 Å². The van der Waals surface area contributed by atoms with E-state index >= 15 is 0 Å². The van der Waals surface area contributed by atoms with E-state index in [4.69, 9.17) is 0 Å². The number of amides is 2. The van der Waals surface area contributed by atoms with Crippen LogP contribution in [0.5, 0.6) is 0 Å². The van der Waals surface area contributed by atoms with Crippen LogP contribution >= 0.6 is 0 Å². The number of carbonyl (C=O) groups excluding carboxylic acids is 1. The summed E-state index contributed by atoms with van der Waals surface area (Å²) in [6, 6.07) is 7.66. The maximum atomic E-state index is 12.3. The van der Waals surface area contributed by atoms with Gasteiger partial charge in [-0.25, -0.2) is 4.79 Å². The molecule has 3 N–H and O–H groups in total. The van der Waals surface area contributed by atoms with Crippen molar-refractivity contribution in [1.29, 1.82) is 0 Å². The molecule has 25 heavy (non-hydrogen) atoms. The van der Waals surface area contributed by atoms with Crippen LogP contribution in [0.25, 0.3) is 0 Å². The highest BCUT2D eigenvalue weighted by molar-refractivity contribution is 5.93. The Balaban J connectivity index is 1.54. The number of carbonyl (C=O) groups is 1. The van der Waals surface area contributed by atoms with Crippen molar-refractivity contribution in [3.8, 4) is 0 Å². The predicted octanol–water partition coefficient (Wildman–Crippen LogP) is 2.11. The summed E-state index contributed by atoms with van der Waals surface area (Å²) in [5.41, 5.74) is 1.88. The van der Waals surface area contributed by atoms with Gasteiger partial charge in [-0.15, -0.1) is 0 Å². The van der Waals surface area contributed by atoms with Gasteiger partial charge in [-0.05, 0) is 37.9 Å². The van der Waals surface area contributed by atoms with Crippen LogP contribution in [0.15, 0.2) is 24.3 Å². The number of nitrogens with zero attached hydrogens (tertiary/aromatic N) is 2. The molecular weight excluding hydrogens is 316 g/mol. The second-order valence-electron chi connectivity index (χ2n) is 7.25. The van der Waals surface area contributed by atoms with Crippen molar-refractivity contribution in [2.45, 2.75) is 31.8 Å². The molecule has 0 bridgehead atoms. The van der Waals surface area contributed by atoms with E-state index in [1.807, 2.05) is 24.3 Å². The van der Waals surface area contributed by atoms with Crippen LogP contribution in [0, 0.1) is 5.92 Å². The summed E-state index contributed by atoms with van der Waals surface area (Å²) in [6.07, 6.45) is 4.06. The second-order valence-corrected chi connectivity index (χ2v) is 7.25. The van der Waals surface area contributed by atoms with Crippen molar-refractivity contribution in [2.24, 2.45) is 5.92 Å². The van der Waals surface area contributed by atoms with Crippen molar-refractivity contribution in [1.82, 2.24) is 10.2 Å². The minimum atomic E-state index is -0.443. The van der Waals surface area contributed by atoms with Crippen LogP contribution in [0.3, 0.4) is 0 Å². The number of piperazine rings is 1. The first-order chi connectivity index (χ1) is 12.1. The fourth-order valence-electron chi connectivity index (χ4n) is 3.78. The third kappa shape index (κ3) is 4.86. The third-order valence-electron chi connectivity index (χ3n) is 5.41. The van der Waals surface area contributed by atoms with Gasteiger partial charge in [0, 0.05) is 32.7 Å². The lowest BCUT2D eigenvalue weighted by molar-refractivity contribution is 0.111. The monoisotopic (exact) mass is 346 g/mol. The van der Waals surface area contributed by atoms with E-state index in [0.717, 1.165) is 50.4 Å². The molecule has 1 aliphatic carbocycles. The molecular formula is C19H30N4O2. The Morgan fingerprint density at radius 1 is 1.20 bits per heavy atom. The van der Waals surface area contributed by atoms with Crippen LogP contribution in [0.1, 0.15) is 25.7 Å². The number of urea groups is 1. The fourth-order valence-corrected chi connectivity index (χ4v) is 3.78. The van der Waals surface area contributed by atoms with Crippen LogP contribution in [0.4, 0.5) is 16.2 Å². The summed E-state index contributed by atoms with van der Waals surface area (Å²) in [7, 11) is 2.13. The van der Waals surface area contributed by atoms with E-state index in [9.17, 15) is 9.90 Å². The number of benzene rings is 1. The molecule has 1 heterocycles. The predicted molar refractivity (Wildman–Crippen MR) is 101 cm³/mol. The first-order valence-corrected chi connectivity index (χ1v) is 9.39. The number of aliphatic hydroxyl groups excluding tert-OH is 1. The average Bonchev–Trinajstić information content (AvgIpc) is 3.16. The van der Waals surface area contributed by atoms with E-state index in [0.29, 0.717) is 12.5 Å². The molecule has 6 heteroatoms. The normalized spacial score (nSPS) is 20.5. The largest absolute Gasteiger partial charge is 0.391 e. The van der Waals surface area contributed by atoms with Crippen molar-refractivity contribution in [2.75, 3.05) is 50.0 Å². The fraction of sp³-hybridized carbons (Fsp3) is 0.632. The molecule has 0 spiro atoms. The lowest BCUT2D eigenvalue weighted by atomic mass is 10.0. The van der Waals surface area contributed by atoms with Gasteiger partial charge in [0.05, 0.1) is 17.5 Å². The van der Waals surface area contributed by atoms with Gasteiger partial charge in [0.15, 0.2) is 0 Å². The van der Waals surface area contributed by atoms with Crippen molar-refractivity contribution in [3.63, 3.8) is 0 Å². The Bertz CT molecular complexity index is 566. The molecule has 1 aromatic rings. The maximum absolute atomic E-state index is 12.3. The minimum absolute atomic E-state index is 0.251. The zero-order valence-electron chi connectivity index (χ0n) is 15.1. The highest BCUT2D eigenvalue weighted by atomic mass is 16.3. The topological polar surface area (TPSA) is 67.8 Å². The third-order valence-corrected chi connectivity index (χ3v) is 5.41. The number of nitrogens with one attached hydrogen (secondary N) is 2. The van der Waals surface area contributed by atoms with E-state index in [1.54, 1.807) is 0 Å². The SMILES string of the molecule is CN1CCN(c2ccccc2NC(=O)NCC(O)C2CCCC2)CC1. The molecule has 3 rings (SSSR count). The van der Waals surface area contributed by atoms with Crippen molar-refractivity contribution in [3.05, 3.63) is 24.3 Å². The smallest absolute Gasteiger partial charge is 0.319 e. The van der Waals surface area contributed by atoms with Gasteiger partial charge in [0.2, 0.25) is 0 Å². The summed E-state index contributed by atoms with van der Waals surface area (Å²) < 4.78 is 0. The first kappa shape index (κ1) is 18.0. The van der Waals surface area contributed by atoms with Gasteiger partial charge < -0.3 is 25.5 Å². The zero-order chi connectivity index (χ0) is 17.6. The van der Waals surface area contributed by atoms with Crippen LogP contribution < -0.4 is 15.5 Å². The van der Waals surface area contributed by atoms with Crippen molar-refractivity contribution >= 4 is 17.4 Å². The van der Waals surface area contributed by atoms with Crippen LogP contribution in [0.2, 0.25) is 0 Å². The highest BCUT2D eigenvalue weighted by Crippen LogP contribution is 2.28. The lowest BCUT2D eigenvalue weighted by Crippen LogP contribution is -2.45. The summed E-state index contributed by atoms with van der Waals surface area (Å²) in [4.78, 5) is 16.9. The summed E-state index contributed by atoms with van der Waals surface area (Å²) in [5, 5.41) is 16.0. The molecule has 0 aromatic heterocycles. The maximum Gasteiger partial charge on any atom is 0.319 e. The second kappa shape index (κ2) is 8.54. The molecule has 1 aromatic carbocycles. The number of rotatable bonds is 5. The van der Waals surface area contributed by atoms with Gasteiger partial charge >= 0.3 is 6.03 Å². The highest BCUT2D eigenvalue weighted by Gasteiger charge is 2.23. The Morgan fingerprint density at radius 2 is 1.88 bits per heavy atom. The summed E-state index contributed by atoms with van der Waals surface area (Å²) in [6.45, 7) is 4.27. The molecule has 2 fully saturated rings. The Kier molecular flexibility index (Phi) is 6.15. The molecule has 1 saturated carbocycles. The molecule has 0 radical (unpaired) electrons. The lowest BCUT2D eigenvalue weighted by Gasteiger charge is -2.35. The molecule has 1 unspecified atom stereocenters. The van der Waals surface area contributed by atoms with E-state index < -0.39 is 6.10 Å².